The number of fused-ring (bicyclic) bond motifs is 1. The minimum atomic E-state index is -2.44. The van der Waals surface area contributed by atoms with E-state index in [1.165, 1.54) is 4.90 Å². The van der Waals surface area contributed by atoms with Gasteiger partial charge in [0.25, 0.3) is 6.43 Å². The zero-order chi connectivity index (χ0) is 13.1. The largest absolute Gasteiger partial charge is 0.392 e. The molecule has 0 aliphatic carbocycles. The Morgan fingerprint density at radius 1 is 1.33 bits per heavy atom. The molecule has 0 saturated heterocycles. The number of aromatic nitrogens is 1. The minimum absolute atomic E-state index is 0.221. The summed E-state index contributed by atoms with van der Waals surface area (Å²) in [6.45, 7) is -0.626. The van der Waals surface area contributed by atoms with E-state index in [1.54, 1.807) is 13.1 Å². The Bertz CT molecular complexity index is 546. The normalized spacial score (nSPS) is 11.2. The Labute approximate surface area is 104 Å². The molecule has 0 spiro atoms. The molecule has 1 N–H and O–H groups in total. The van der Waals surface area contributed by atoms with Gasteiger partial charge in [-0.3, -0.25) is 0 Å². The van der Waals surface area contributed by atoms with Gasteiger partial charge in [-0.2, -0.15) is 0 Å². The third kappa shape index (κ3) is 2.56. The van der Waals surface area contributed by atoms with Gasteiger partial charge in [0.05, 0.1) is 18.7 Å². The number of rotatable bonds is 4. The molecule has 0 aliphatic heterocycles. The number of hydrogen-bond donors (Lipinski definition) is 1. The van der Waals surface area contributed by atoms with E-state index >= 15 is 0 Å². The third-order valence-electron chi connectivity index (χ3n) is 2.72. The summed E-state index contributed by atoms with van der Waals surface area (Å²) in [6, 6.07) is 9.17. The average Bonchev–Trinajstić information content (AvgIpc) is 2.36. The van der Waals surface area contributed by atoms with Crippen molar-refractivity contribution >= 4 is 16.7 Å². The van der Waals surface area contributed by atoms with Gasteiger partial charge in [-0.05, 0) is 12.1 Å². The number of anilines is 1. The van der Waals surface area contributed by atoms with Crippen LogP contribution in [0.4, 0.5) is 14.6 Å². The first kappa shape index (κ1) is 12.7. The third-order valence-corrected chi connectivity index (χ3v) is 2.72. The zero-order valence-electron chi connectivity index (χ0n) is 9.98. The standard InChI is InChI=1S/C13H14F2N2O/c1-17(7-12(14)15)13-10(8-18)6-9-4-2-3-5-11(9)16-13/h2-6,12,18H,7-8H2,1H3. The van der Waals surface area contributed by atoms with Crippen LogP contribution in [0.5, 0.6) is 0 Å². The first-order chi connectivity index (χ1) is 8.61. The van der Waals surface area contributed by atoms with Crippen LogP contribution in [-0.4, -0.2) is 30.1 Å². The summed E-state index contributed by atoms with van der Waals surface area (Å²) in [7, 11) is 1.54. The van der Waals surface area contributed by atoms with E-state index in [2.05, 4.69) is 4.98 Å². The summed E-state index contributed by atoms with van der Waals surface area (Å²) in [6.07, 6.45) is -2.44. The monoisotopic (exact) mass is 252 g/mol. The Morgan fingerprint density at radius 3 is 2.72 bits per heavy atom. The lowest BCUT2D eigenvalue weighted by atomic mass is 10.1. The Kier molecular flexibility index (Phi) is 3.72. The highest BCUT2D eigenvalue weighted by Crippen LogP contribution is 2.23. The second-order valence-corrected chi connectivity index (χ2v) is 4.09. The SMILES string of the molecule is CN(CC(F)F)c1nc2ccccc2cc1CO. The molecule has 0 amide bonds. The predicted octanol–water partition coefficient (Wildman–Crippen LogP) is 2.43. The number of halogens is 2. The molecule has 0 radical (unpaired) electrons. The molecule has 0 aliphatic rings. The first-order valence-corrected chi connectivity index (χ1v) is 5.60. The molecular formula is C13H14F2N2O. The highest BCUT2D eigenvalue weighted by atomic mass is 19.3. The molecule has 1 heterocycles. The van der Waals surface area contributed by atoms with Crippen molar-refractivity contribution in [1.82, 2.24) is 4.98 Å². The van der Waals surface area contributed by atoms with Crippen LogP contribution in [0.1, 0.15) is 5.56 Å². The number of aliphatic hydroxyl groups is 1. The van der Waals surface area contributed by atoms with Gasteiger partial charge >= 0.3 is 0 Å². The smallest absolute Gasteiger partial charge is 0.255 e. The van der Waals surface area contributed by atoms with Crippen molar-refractivity contribution in [2.45, 2.75) is 13.0 Å². The number of nitrogens with zero attached hydrogens (tertiary/aromatic N) is 2. The molecule has 3 nitrogen and oxygen atoms in total. The molecule has 1 aromatic heterocycles. The van der Waals surface area contributed by atoms with Gasteiger partial charge in [-0.15, -0.1) is 0 Å². The fraction of sp³-hybridized carbons (Fsp3) is 0.308. The highest BCUT2D eigenvalue weighted by Gasteiger charge is 2.14. The summed E-state index contributed by atoms with van der Waals surface area (Å²) < 4.78 is 24.8. The van der Waals surface area contributed by atoms with E-state index in [9.17, 15) is 13.9 Å². The fourth-order valence-corrected chi connectivity index (χ4v) is 1.89. The van der Waals surface area contributed by atoms with E-state index < -0.39 is 13.0 Å². The first-order valence-electron chi connectivity index (χ1n) is 5.60. The van der Waals surface area contributed by atoms with E-state index in [1.807, 2.05) is 24.3 Å². The number of aliphatic hydroxyl groups excluding tert-OH is 1. The second-order valence-electron chi connectivity index (χ2n) is 4.09. The van der Waals surface area contributed by atoms with Gasteiger partial charge in [0.15, 0.2) is 0 Å². The summed E-state index contributed by atoms with van der Waals surface area (Å²) in [5.74, 6) is 0.400. The molecule has 0 bridgehead atoms. The van der Waals surface area contributed by atoms with Gasteiger partial charge < -0.3 is 10.0 Å². The number of pyridine rings is 1. The molecule has 2 rings (SSSR count). The van der Waals surface area contributed by atoms with E-state index in [-0.39, 0.29) is 6.61 Å². The molecule has 0 atom stereocenters. The van der Waals surface area contributed by atoms with Crippen molar-refractivity contribution in [2.24, 2.45) is 0 Å². The van der Waals surface area contributed by atoms with E-state index in [0.29, 0.717) is 11.4 Å². The van der Waals surface area contributed by atoms with Gasteiger partial charge in [-0.25, -0.2) is 13.8 Å². The van der Waals surface area contributed by atoms with Crippen molar-refractivity contribution in [2.75, 3.05) is 18.5 Å². The summed E-state index contributed by atoms with van der Waals surface area (Å²) >= 11 is 0. The molecule has 2 aromatic rings. The molecule has 0 unspecified atom stereocenters. The highest BCUT2D eigenvalue weighted by molar-refractivity contribution is 5.81. The molecule has 1 aromatic carbocycles. The molecule has 0 saturated carbocycles. The average molecular weight is 252 g/mol. The predicted molar refractivity (Wildman–Crippen MR) is 66.9 cm³/mol. The molecule has 96 valence electrons. The molecule has 5 heteroatoms. The van der Waals surface area contributed by atoms with Crippen molar-refractivity contribution in [3.63, 3.8) is 0 Å². The summed E-state index contributed by atoms with van der Waals surface area (Å²) in [5.41, 5.74) is 1.28. The topological polar surface area (TPSA) is 36.4 Å². The van der Waals surface area contributed by atoms with Gasteiger partial charge in [0.2, 0.25) is 0 Å². The maximum atomic E-state index is 12.4. The van der Waals surface area contributed by atoms with Crippen LogP contribution in [0, 0.1) is 0 Å². The van der Waals surface area contributed by atoms with Gasteiger partial charge in [0, 0.05) is 18.0 Å². The number of para-hydroxylation sites is 1. The minimum Gasteiger partial charge on any atom is -0.392 e. The van der Waals surface area contributed by atoms with E-state index in [4.69, 9.17) is 0 Å². The lowest BCUT2D eigenvalue weighted by molar-refractivity contribution is 0.156. The molecule has 0 fully saturated rings. The van der Waals surface area contributed by atoms with Crippen molar-refractivity contribution in [3.05, 3.63) is 35.9 Å². The number of alkyl halides is 2. The van der Waals surface area contributed by atoms with Crippen LogP contribution in [0.15, 0.2) is 30.3 Å². The Hall–Kier alpha value is -1.75. The Balaban J connectivity index is 2.47. The van der Waals surface area contributed by atoms with Crippen LogP contribution in [0.3, 0.4) is 0 Å². The summed E-state index contributed by atoms with van der Waals surface area (Å²) in [4.78, 5) is 5.70. The number of hydrogen-bond acceptors (Lipinski definition) is 3. The van der Waals surface area contributed by atoms with Crippen LogP contribution in [0.25, 0.3) is 10.9 Å². The summed E-state index contributed by atoms with van der Waals surface area (Å²) in [5, 5.41) is 10.2. The van der Waals surface area contributed by atoms with Crippen LogP contribution < -0.4 is 4.90 Å². The molecular weight excluding hydrogens is 238 g/mol. The van der Waals surface area contributed by atoms with E-state index in [0.717, 1.165) is 10.9 Å². The fourth-order valence-electron chi connectivity index (χ4n) is 1.89. The van der Waals surface area contributed by atoms with Crippen molar-refractivity contribution in [1.29, 1.82) is 0 Å². The Morgan fingerprint density at radius 2 is 2.06 bits per heavy atom. The quantitative estimate of drug-likeness (QED) is 0.907. The van der Waals surface area contributed by atoms with Crippen molar-refractivity contribution in [3.8, 4) is 0 Å². The lowest BCUT2D eigenvalue weighted by Gasteiger charge is -2.20. The second kappa shape index (κ2) is 5.27. The number of benzene rings is 1. The van der Waals surface area contributed by atoms with Gasteiger partial charge in [0.1, 0.15) is 5.82 Å². The van der Waals surface area contributed by atoms with Crippen molar-refractivity contribution < 1.29 is 13.9 Å². The lowest BCUT2D eigenvalue weighted by Crippen LogP contribution is -2.26. The van der Waals surface area contributed by atoms with Crippen LogP contribution in [0.2, 0.25) is 0 Å². The molecule has 18 heavy (non-hydrogen) atoms. The van der Waals surface area contributed by atoms with Crippen LogP contribution in [-0.2, 0) is 6.61 Å². The maximum absolute atomic E-state index is 12.4. The zero-order valence-corrected chi connectivity index (χ0v) is 9.98. The van der Waals surface area contributed by atoms with Crippen LogP contribution >= 0.6 is 0 Å². The van der Waals surface area contributed by atoms with Gasteiger partial charge in [-0.1, -0.05) is 18.2 Å². The maximum Gasteiger partial charge on any atom is 0.255 e.